The average Bonchev–Trinajstić information content (AvgIpc) is 2.88. The largest absolute Gasteiger partial charge is 0.493 e. The van der Waals surface area contributed by atoms with Crippen LogP contribution in [0, 0.1) is 11.2 Å². The molecule has 0 radical (unpaired) electrons. The van der Waals surface area contributed by atoms with Gasteiger partial charge in [0.1, 0.15) is 11.6 Å². The molecule has 39 heavy (non-hydrogen) atoms. The van der Waals surface area contributed by atoms with Crippen molar-refractivity contribution in [2.45, 2.75) is 65.6 Å². The van der Waals surface area contributed by atoms with E-state index in [-0.39, 0.29) is 11.2 Å². The van der Waals surface area contributed by atoms with E-state index in [4.69, 9.17) is 9.47 Å². The Labute approximate surface area is 230 Å². The number of carbonyl (C=O) groups is 1. The number of piperidine rings is 1. The number of rotatable bonds is 9. The summed E-state index contributed by atoms with van der Waals surface area (Å²) in [5.41, 5.74) is 3.83. The minimum Gasteiger partial charge on any atom is -0.493 e. The van der Waals surface area contributed by atoms with E-state index in [1.54, 1.807) is 24.5 Å². The maximum atomic E-state index is 13.1. The Morgan fingerprint density at radius 2 is 1.69 bits per heavy atom. The fraction of sp³-hybridized carbons (Fsp3) is 0.438. The Bertz CT molecular complexity index is 1260. The molecule has 0 bridgehead atoms. The first kappa shape index (κ1) is 28.6. The fourth-order valence-electron chi connectivity index (χ4n) is 4.83. The highest BCUT2D eigenvalue weighted by Gasteiger charge is 2.34. The molecule has 7 heteroatoms. The molecule has 1 atom stereocenters. The van der Waals surface area contributed by atoms with Crippen molar-refractivity contribution < 1.29 is 23.8 Å². The Balaban J connectivity index is 1.62. The van der Waals surface area contributed by atoms with Gasteiger partial charge in [-0.1, -0.05) is 38.1 Å². The molecule has 0 saturated carbocycles. The number of aliphatic carboxylic acids is 1. The molecule has 1 unspecified atom stereocenters. The van der Waals surface area contributed by atoms with Gasteiger partial charge in [0.05, 0.1) is 17.9 Å². The third-order valence-electron chi connectivity index (χ3n) is 7.10. The van der Waals surface area contributed by atoms with Crippen molar-refractivity contribution in [3.63, 3.8) is 0 Å². The molecule has 208 valence electrons. The molecule has 4 rings (SSSR count). The molecule has 3 aromatic rings. The van der Waals surface area contributed by atoms with Gasteiger partial charge in [0, 0.05) is 43.0 Å². The minimum absolute atomic E-state index is 0.241. The Hall–Kier alpha value is -3.45. The molecule has 1 aromatic heterocycles. The predicted octanol–water partition coefficient (Wildman–Crippen LogP) is 7.08. The van der Waals surface area contributed by atoms with Crippen LogP contribution in [0.15, 0.2) is 60.9 Å². The Morgan fingerprint density at radius 1 is 1.05 bits per heavy atom. The summed E-state index contributed by atoms with van der Waals surface area (Å²) in [5, 5.41) is 10.2. The van der Waals surface area contributed by atoms with Gasteiger partial charge in [0.25, 0.3) is 0 Å². The van der Waals surface area contributed by atoms with E-state index >= 15 is 0 Å². The van der Waals surface area contributed by atoms with Gasteiger partial charge in [-0.3, -0.25) is 4.98 Å². The molecule has 2 aromatic carbocycles. The second-order valence-electron chi connectivity index (χ2n) is 12.0. The second-order valence-corrected chi connectivity index (χ2v) is 12.0. The summed E-state index contributed by atoms with van der Waals surface area (Å²) in [6.45, 7) is 12.2. The van der Waals surface area contributed by atoms with Crippen LogP contribution in [0.5, 0.6) is 5.75 Å². The quantitative estimate of drug-likeness (QED) is 0.316. The fourth-order valence-corrected chi connectivity index (χ4v) is 4.83. The predicted molar refractivity (Wildman–Crippen MR) is 152 cm³/mol. The molecule has 1 saturated heterocycles. The Kier molecular flexibility index (Phi) is 8.60. The standard InChI is InChI=1S/C32H39FN2O4/c1-31(2,3)39-29(30(36)37)27-21-34-20-26(28(27)35-17-15-32(4,5)16-18-35)23-8-12-25(13-9-23)38-19-14-22-6-10-24(33)11-7-22/h6-13,20-21,29H,14-19H2,1-5H3,(H,36,37). The van der Waals surface area contributed by atoms with E-state index in [1.807, 2.05) is 45.0 Å². The van der Waals surface area contributed by atoms with Crippen LogP contribution in [0.25, 0.3) is 11.1 Å². The van der Waals surface area contributed by atoms with Gasteiger partial charge in [-0.25, -0.2) is 9.18 Å². The highest BCUT2D eigenvalue weighted by atomic mass is 19.1. The Morgan fingerprint density at radius 3 is 2.28 bits per heavy atom. The molecule has 1 fully saturated rings. The monoisotopic (exact) mass is 534 g/mol. The van der Waals surface area contributed by atoms with Crippen LogP contribution >= 0.6 is 0 Å². The average molecular weight is 535 g/mol. The van der Waals surface area contributed by atoms with E-state index in [1.165, 1.54) is 12.1 Å². The number of hydrogen-bond acceptors (Lipinski definition) is 5. The highest BCUT2D eigenvalue weighted by molar-refractivity contribution is 5.85. The van der Waals surface area contributed by atoms with Gasteiger partial charge in [-0.2, -0.15) is 0 Å². The van der Waals surface area contributed by atoms with Crippen LogP contribution in [0.3, 0.4) is 0 Å². The lowest BCUT2D eigenvalue weighted by atomic mass is 9.82. The minimum atomic E-state index is -1.14. The SMILES string of the molecule is CC1(C)CCN(c2c(-c3ccc(OCCc4ccc(F)cc4)cc3)cncc2C(OC(C)(C)C)C(=O)O)CC1. The third kappa shape index (κ3) is 7.57. The van der Waals surface area contributed by atoms with Gasteiger partial charge in [-0.15, -0.1) is 0 Å². The summed E-state index contributed by atoms with van der Waals surface area (Å²) in [6.07, 6.45) is 4.99. The maximum absolute atomic E-state index is 13.1. The number of ether oxygens (including phenoxy) is 2. The summed E-state index contributed by atoms with van der Waals surface area (Å²) in [5.74, 6) is -0.556. The van der Waals surface area contributed by atoms with Gasteiger partial charge in [0.15, 0.2) is 6.10 Å². The molecule has 1 aliphatic rings. The molecule has 6 nitrogen and oxygen atoms in total. The number of pyridine rings is 1. The number of halogens is 1. The lowest BCUT2D eigenvalue weighted by molar-refractivity contribution is -0.160. The first-order valence-corrected chi connectivity index (χ1v) is 13.5. The number of nitrogens with zero attached hydrogens (tertiary/aromatic N) is 2. The highest BCUT2D eigenvalue weighted by Crippen LogP contribution is 2.42. The summed E-state index contributed by atoms with van der Waals surface area (Å²) < 4.78 is 25.1. The first-order valence-electron chi connectivity index (χ1n) is 13.5. The molecule has 1 aliphatic heterocycles. The topological polar surface area (TPSA) is 71.9 Å². The zero-order chi connectivity index (χ0) is 28.2. The molecule has 1 N–H and O–H groups in total. The molecule has 2 heterocycles. The van der Waals surface area contributed by atoms with E-state index in [2.05, 4.69) is 23.7 Å². The van der Waals surface area contributed by atoms with Crippen molar-refractivity contribution in [3.8, 4) is 16.9 Å². The van der Waals surface area contributed by atoms with Crippen LogP contribution in [-0.2, 0) is 16.0 Å². The summed E-state index contributed by atoms with van der Waals surface area (Å²) in [7, 11) is 0. The maximum Gasteiger partial charge on any atom is 0.337 e. The van der Waals surface area contributed by atoms with Crippen LogP contribution in [0.2, 0.25) is 0 Å². The van der Waals surface area contributed by atoms with Crippen molar-refractivity contribution in [2.24, 2.45) is 5.41 Å². The molecular formula is C32H39FN2O4. The van der Waals surface area contributed by atoms with Crippen LogP contribution in [-0.4, -0.2) is 41.4 Å². The van der Waals surface area contributed by atoms with Crippen molar-refractivity contribution in [1.29, 1.82) is 0 Å². The van der Waals surface area contributed by atoms with Crippen molar-refractivity contribution in [1.82, 2.24) is 4.98 Å². The second kappa shape index (κ2) is 11.7. The zero-order valence-corrected chi connectivity index (χ0v) is 23.5. The third-order valence-corrected chi connectivity index (χ3v) is 7.10. The summed E-state index contributed by atoms with van der Waals surface area (Å²) in [6, 6.07) is 14.2. The number of anilines is 1. The zero-order valence-electron chi connectivity index (χ0n) is 23.5. The van der Waals surface area contributed by atoms with E-state index in [0.717, 1.165) is 54.1 Å². The van der Waals surface area contributed by atoms with Crippen LogP contribution < -0.4 is 9.64 Å². The van der Waals surface area contributed by atoms with Gasteiger partial charge < -0.3 is 19.5 Å². The van der Waals surface area contributed by atoms with Gasteiger partial charge in [-0.05, 0) is 74.4 Å². The van der Waals surface area contributed by atoms with Crippen molar-refractivity contribution >= 4 is 11.7 Å². The number of hydrogen-bond donors (Lipinski definition) is 1. The van der Waals surface area contributed by atoms with Gasteiger partial charge >= 0.3 is 5.97 Å². The van der Waals surface area contributed by atoms with Crippen LogP contribution in [0.1, 0.15) is 64.7 Å². The van der Waals surface area contributed by atoms with Crippen LogP contribution in [0.4, 0.5) is 10.1 Å². The lowest BCUT2D eigenvalue weighted by Crippen LogP contribution is -2.39. The lowest BCUT2D eigenvalue weighted by Gasteiger charge is -2.40. The number of benzene rings is 2. The number of carboxylic acid groups (broad SMARTS) is 1. The number of aromatic nitrogens is 1. The molecule has 0 spiro atoms. The molecule has 0 aliphatic carbocycles. The molecular weight excluding hydrogens is 495 g/mol. The first-order chi connectivity index (χ1) is 18.4. The molecule has 0 amide bonds. The van der Waals surface area contributed by atoms with Crippen molar-refractivity contribution in [3.05, 3.63) is 77.9 Å². The smallest absolute Gasteiger partial charge is 0.337 e. The van der Waals surface area contributed by atoms with Crippen molar-refractivity contribution in [2.75, 3.05) is 24.6 Å². The van der Waals surface area contributed by atoms with E-state index in [0.29, 0.717) is 18.6 Å². The van der Waals surface area contributed by atoms with E-state index in [9.17, 15) is 14.3 Å². The van der Waals surface area contributed by atoms with Gasteiger partial charge in [0.2, 0.25) is 0 Å². The summed E-state index contributed by atoms with van der Waals surface area (Å²) >= 11 is 0. The number of carboxylic acids is 1. The summed E-state index contributed by atoms with van der Waals surface area (Å²) in [4.78, 5) is 19.2. The van der Waals surface area contributed by atoms with E-state index < -0.39 is 17.7 Å². The normalized spacial score (nSPS) is 16.1.